The zero-order chi connectivity index (χ0) is 16.5. The van der Waals surface area contributed by atoms with E-state index in [4.69, 9.17) is 5.11 Å². The smallest absolute Gasteiger partial charge is 0.391 e. The van der Waals surface area contributed by atoms with Gasteiger partial charge in [-0.2, -0.15) is 13.2 Å². The first-order valence-electron chi connectivity index (χ1n) is 6.52. The first kappa shape index (κ1) is 16.2. The average Bonchev–Trinajstić information content (AvgIpc) is 2.45. The molecule has 0 bridgehead atoms. The Hall–Kier alpha value is -2.16. The van der Waals surface area contributed by atoms with Crippen LogP contribution in [0.25, 0.3) is 0 Å². The highest BCUT2D eigenvalue weighted by molar-refractivity contribution is 5.82. The fourth-order valence-electron chi connectivity index (χ4n) is 2.58. The van der Waals surface area contributed by atoms with Gasteiger partial charge in [0.2, 0.25) is 0 Å². The summed E-state index contributed by atoms with van der Waals surface area (Å²) >= 11 is 0. The van der Waals surface area contributed by atoms with Crippen molar-refractivity contribution in [1.29, 1.82) is 0 Å². The summed E-state index contributed by atoms with van der Waals surface area (Å²) in [6, 6.07) is 1.63. The van der Waals surface area contributed by atoms with E-state index in [1.54, 1.807) is 0 Å². The van der Waals surface area contributed by atoms with E-state index in [0.717, 1.165) is 6.07 Å². The maximum Gasteiger partial charge on any atom is 0.471 e. The van der Waals surface area contributed by atoms with Crippen molar-refractivity contribution in [1.82, 2.24) is 5.32 Å². The molecule has 0 spiro atoms. The van der Waals surface area contributed by atoms with Gasteiger partial charge < -0.3 is 10.4 Å². The highest BCUT2D eigenvalue weighted by Crippen LogP contribution is 2.35. The molecule has 120 valence electrons. The van der Waals surface area contributed by atoms with Crippen molar-refractivity contribution in [3.05, 3.63) is 38.9 Å². The van der Waals surface area contributed by atoms with Crippen molar-refractivity contribution in [3.8, 4) is 0 Å². The molecule has 0 saturated heterocycles. The van der Waals surface area contributed by atoms with Gasteiger partial charge >= 0.3 is 12.1 Å². The number of hydrogen-bond donors (Lipinski definition) is 2. The fourth-order valence-corrected chi connectivity index (χ4v) is 2.58. The number of amides is 1. The molecule has 0 saturated carbocycles. The largest absolute Gasteiger partial charge is 0.471 e. The maximum absolute atomic E-state index is 12.4. The van der Waals surface area contributed by atoms with Crippen LogP contribution in [0.5, 0.6) is 0 Å². The second kappa shape index (κ2) is 5.91. The number of nitrogens with one attached hydrogen (secondary N) is 1. The molecule has 1 unspecified atom stereocenters. The van der Waals surface area contributed by atoms with Crippen LogP contribution < -0.4 is 5.32 Å². The number of halogens is 3. The molecule has 1 amide bonds. The Morgan fingerprint density at radius 1 is 1.45 bits per heavy atom. The first-order valence-corrected chi connectivity index (χ1v) is 6.52. The van der Waals surface area contributed by atoms with Crippen LogP contribution in [0.2, 0.25) is 0 Å². The highest BCUT2D eigenvalue weighted by Gasteiger charge is 2.40. The maximum atomic E-state index is 12.4. The van der Waals surface area contributed by atoms with Crippen molar-refractivity contribution in [2.24, 2.45) is 0 Å². The molecule has 1 aromatic rings. The van der Waals surface area contributed by atoms with E-state index in [1.165, 1.54) is 6.07 Å². The summed E-state index contributed by atoms with van der Waals surface area (Å²) in [7, 11) is 0. The van der Waals surface area contributed by atoms with Crippen LogP contribution in [0.4, 0.5) is 18.9 Å². The summed E-state index contributed by atoms with van der Waals surface area (Å²) in [5, 5.41) is 22.0. The molecule has 0 fully saturated rings. The number of aliphatic hydroxyl groups excluding tert-OH is 1. The van der Waals surface area contributed by atoms with Crippen LogP contribution in [0.1, 0.15) is 35.6 Å². The highest BCUT2D eigenvalue weighted by atomic mass is 19.4. The number of nitro groups is 1. The normalized spacial score (nSPS) is 17.7. The Balaban J connectivity index is 2.39. The topological polar surface area (TPSA) is 92.5 Å². The fraction of sp³-hybridized carbons (Fsp3) is 0.462. The van der Waals surface area contributed by atoms with Gasteiger partial charge in [-0.25, -0.2) is 0 Å². The molecule has 0 radical (unpaired) electrons. The number of carbonyl (C=O) groups is 1. The first-order chi connectivity index (χ1) is 10.2. The average molecular weight is 318 g/mol. The van der Waals surface area contributed by atoms with E-state index in [-0.39, 0.29) is 17.7 Å². The Labute approximate surface area is 123 Å². The number of aliphatic hydroxyl groups is 1. The van der Waals surface area contributed by atoms with Crippen LogP contribution in [-0.2, 0) is 17.8 Å². The molecule has 6 nitrogen and oxygen atoms in total. The van der Waals surface area contributed by atoms with E-state index in [1.807, 2.05) is 5.32 Å². The summed E-state index contributed by atoms with van der Waals surface area (Å²) < 4.78 is 37.1. The molecule has 1 aromatic carbocycles. The number of nitrogens with zero attached hydrogens (tertiary/aromatic N) is 1. The number of alkyl halides is 3. The Morgan fingerprint density at radius 3 is 2.68 bits per heavy atom. The lowest BCUT2D eigenvalue weighted by Gasteiger charge is -2.27. The Morgan fingerprint density at radius 2 is 2.14 bits per heavy atom. The van der Waals surface area contributed by atoms with Gasteiger partial charge in [0.25, 0.3) is 5.69 Å². The summed E-state index contributed by atoms with van der Waals surface area (Å²) in [5.74, 6) is -2.07. The van der Waals surface area contributed by atoms with Crippen LogP contribution in [0, 0.1) is 10.1 Å². The quantitative estimate of drug-likeness (QED) is 0.659. The molecular formula is C13H13F3N2O4. The number of benzene rings is 1. The number of hydrogen-bond acceptors (Lipinski definition) is 4. The molecule has 0 heterocycles. The van der Waals surface area contributed by atoms with Crippen LogP contribution >= 0.6 is 0 Å². The van der Waals surface area contributed by atoms with Gasteiger partial charge in [-0.3, -0.25) is 14.9 Å². The zero-order valence-electron chi connectivity index (χ0n) is 11.3. The lowest BCUT2D eigenvalue weighted by Crippen LogP contribution is -2.40. The third-order valence-electron chi connectivity index (χ3n) is 3.58. The lowest BCUT2D eigenvalue weighted by atomic mass is 9.86. The molecule has 22 heavy (non-hydrogen) atoms. The Kier molecular flexibility index (Phi) is 4.36. The minimum Gasteiger partial charge on any atom is -0.391 e. The summed E-state index contributed by atoms with van der Waals surface area (Å²) in [5.41, 5.74) is 0.641. The van der Waals surface area contributed by atoms with Crippen molar-refractivity contribution in [3.63, 3.8) is 0 Å². The molecule has 2 N–H and O–H groups in total. The van der Waals surface area contributed by atoms with E-state index in [0.29, 0.717) is 24.0 Å². The van der Waals surface area contributed by atoms with Crippen molar-refractivity contribution in [2.45, 2.75) is 38.1 Å². The third kappa shape index (κ3) is 3.19. The van der Waals surface area contributed by atoms with Crippen LogP contribution in [-0.4, -0.2) is 22.1 Å². The molecule has 1 aliphatic carbocycles. The Bertz CT molecular complexity index is 616. The lowest BCUT2D eigenvalue weighted by molar-refractivity contribution is -0.386. The second-order valence-electron chi connectivity index (χ2n) is 5.01. The standard InChI is InChI=1S/C13H13F3N2O4/c14-13(15,16)12(20)17-10-3-1-2-7-4-8(6-19)11(18(21)22)5-9(7)10/h4-5,10,19H,1-3,6H2,(H,17,20). The van der Waals surface area contributed by atoms with Crippen molar-refractivity contribution in [2.75, 3.05) is 0 Å². The van der Waals surface area contributed by atoms with Gasteiger partial charge in [-0.1, -0.05) is 0 Å². The SMILES string of the molecule is O=C(NC1CCCc2cc(CO)c([N+](=O)[O-])cc21)C(F)(F)F. The predicted octanol–water partition coefficient (Wildman–Crippen LogP) is 2.14. The molecular weight excluding hydrogens is 305 g/mol. The number of nitro benzene ring substituents is 1. The van der Waals surface area contributed by atoms with Gasteiger partial charge in [0, 0.05) is 6.07 Å². The van der Waals surface area contributed by atoms with Crippen molar-refractivity contribution < 1.29 is 28.0 Å². The molecule has 0 aliphatic heterocycles. The van der Waals surface area contributed by atoms with Crippen LogP contribution in [0.15, 0.2) is 12.1 Å². The monoisotopic (exact) mass is 318 g/mol. The van der Waals surface area contributed by atoms with Crippen LogP contribution in [0.3, 0.4) is 0 Å². The minimum absolute atomic E-state index is 0.103. The van der Waals surface area contributed by atoms with Crippen molar-refractivity contribution >= 4 is 11.6 Å². The van der Waals surface area contributed by atoms with Gasteiger partial charge in [-0.15, -0.1) is 0 Å². The minimum atomic E-state index is -5.01. The van der Waals surface area contributed by atoms with Gasteiger partial charge in [0.05, 0.1) is 23.1 Å². The molecule has 1 atom stereocenters. The number of fused-ring (bicyclic) bond motifs is 1. The van der Waals surface area contributed by atoms with Gasteiger partial charge in [0.1, 0.15) is 0 Å². The predicted molar refractivity (Wildman–Crippen MR) is 68.9 cm³/mol. The number of carbonyl (C=O) groups excluding carboxylic acids is 1. The molecule has 1 aliphatic rings. The summed E-state index contributed by atoms with van der Waals surface area (Å²) in [4.78, 5) is 21.4. The number of rotatable bonds is 3. The van der Waals surface area contributed by atoms with E-state index >= 15 is 0 Å². The molecule has 9 heteroatoms. The van der Waals surface area contributed by atoms with E-state index in [9.17, 15) is 28.1 Å². The second-order valence-corrected chi connectivity index (χ2v) is 5.01. The van der Waals surface area contributed by atoms with Gasteiger partial charge in [-0.05, 0) is 36.5 Å². The number of aryl methyl sites for hydroxylation is 1. The molecule has 0 aromatic heterocycles. The summed E-state index contributed by atoms with van der Waals surface area (Å²) in [6.07, 6.45) is -3.67. The van der Waals surface area contributed by atoms with E-state index < -0.39 is 29.7 Å². The molecule has 2 rings (SSSR count). The van der Waals surface area contributed by atoms with Gasteiger partial charge in [0.15, 0.2) is 0 Å². The third-order valence-corrected chi connectivity index (χ3v) is 3.58. The summed E-state index contributed by atoms with van der Waals surface area (Å²) in [6.45, 7) is -0.539. The van der Waals surface area contributed by atoms with E-state index in [2.05, 4.69) is 0 Å². The zero-order valence-corrected chi connectivity index (χ0v) is 11.3.